The molecule has 1 fully saturated rings. The van der Waals surface area contributed by atoms with Crippen molar-refractivity contribution >= 4 is 28.3 Å². The SMILES string of the molecule is C=CCN(C(=O)c1cccc(CN2CCCC2=O)c1)c1nc2c(s1)CCCC2. The van der Waals surface area contributed by atoms with Crippen molar-refractivity contribution in [3.63, 3.8) is 0 Å². The largest absolute Gasteiger partial charge is 0.338 e. The topological polar surface area (TPSA) is 53.5 Å². The molecule has 1 aliphatic carbocycles. The first-order chi connectivity index (χ1) is 13.7. The molecule has 2 aromatic rings. The minimum atomic E-state index is -0.0689. The zero-order chi connectivity index (χ0) is 19.5. The van der Waals surface area contributed by atoms with Crippen molar-refractivity contribution in [2.45, 2.75) is 45.1 Å². The van der Waals surface area contributed by atoms with Crippen molar-refractivity contribution in [1.82, 2.24) is 9.88 Å². The van der Waals surface area contributed by atoms with Gasteiger partial charge >= 0.3 is 0 Å². The normalized spacial score (nSPS) is 16.1. The van der Waals surface area contributed by atoms with Gasteiger partial charge in [0.15, 0.2) is 5.13 Å². The molecule has 1 aliphatic heterocycles. The van der Waals surface area contributed by atoms with Gasteiger partial charge in [0.2, 0.25) is 5.91 Å². The van der Waals surface area contributed by atoms with Crippen molar-refractivity contribution in [3.8, 4) is 0 Å². The van der Waals surface area contributed by atoms with Crippen molar-refractivity contribution in [2.75, 3.05) is 18.0 Å². The average Bonchev–Trinajstić information content (AvgIpc) is 3.32. The summed E-state index contributed by atoms with van der Waals surface area (Å²) in [5, 5.41) is 0.761. The summed E-state index contributed by atoms with van der Waals surface area (Å²) in [5.74, 6) is 0.124. The van der Waals surface area contributed by atoms with Crippen molar-refractivity contribution in [1.29, 1.82) is 0 Å². The van der Waals surface area contributed by atoms with Gasteiger partial charge in [-0.2, -0.15) is 0 Å². The molecular formula is C22H25N3O2S. The van der Waals surface area contributed by atoms with Crippen LogP contribution in [-0.4, -0.2) is 34.8 Å². The van der Waals surface area contributed by atoms with Crippen LogP contribution >= 0.6 is 11.3 Å². The third-order valence-corrected chi connectivity index (χ3v) is 6.52. The minimum absolute atomic E-state index is 0.0689. The Morgan fingerprint density at radius 3 is 2.86 bits per heavy atom. The first kappa shape index (κ1) is 18.9. The molecule has 6 heteroatoms. The second kappa shape index (κ2) is 8.27. The fourth-order valence-electron chi connectivity index (χ4n) is 3.88. The van der Waals surface area contributed by atoms with Crippen LogP contribution in [0.15, 0.2) is 36.9 Å². The Kier molecular flexibility index (Phi) is 5.57. The Bertz CT molecular complexity index is 881. The molecular weight excluding hydrogens is 370 g/mol. The zero-order valence-electron chi connectivity index (χ0n) is 16.0. The Hall–Kier alpha value is -2.47. The zero-order valence-corrected chi connectivity index (χ0v) is 16.8. The van der Waals surface area contributed by atoms with E-state index in [1.165, 1.54) is 17.7 Å². The Labute approximate surface area is 169 Å². The molecule has 0 atom stereocenters. The average molecular weight is 396 g/mol. The smallest absolute Gasteiger partial charge is 0.260 e. The molecule has 4 rings (SSSR count). The molecule has 5 nitrogen and oxygen atoms in total. The number of anilines is 1. The molecule has 0 bridgehead atoms. The van der Waals surface area contributed by atoms with Gasteiger partial charge in [-0.05, 0) is 49.8 Å². The summed E-state index contributed by atoms with van der Waals surface area (Å²) in [5.41, 5.74) is 2.76. The highest BCUT2D eigenvalue weighted by molar-refractivity contribution is 7.16. The summed E-state index contributed by atoms with van der Waals surface area (Å²) < 4.78 is 0. The lowest BCUT2D eigenvalue weighted by atomic mass is 10.0. The number of nitrogens with zero attached hydrogens (tertiary/aromatic N) is 3. The van der Waals surface area contributed by atoms with Gasteiger partial charge in [0.1, 0.15) is 0 Å². The summed E-state index contributed by atoms with van der Waals surface area (Å²) in [6.07, 6.45) is 7.71. The molecule has 146 valence electrons. The highest BCUT2D eigenvalue weighted by Gasteiger charge is 2.24. The summed E-state index contributed by atoms with van der Waals surface area (Å²) in [7, 11) is 0. The van der Waals surface area contributed by atoms with Crippen LogP contribution < -0.4 is 4.90 Å². The van der Waals surface area contributed by atoms with Crippen LogP contribution in [0.5, 0.6) is 0 Å². The summed E-state index contributed by atoms with van der Waals surface area (Å²) in [6.45, 7) is 5.61. The van der Waals surface area contributed by atoms with E-state index in [1.807, 2.05) is 29.2 Å². The standard InChI is InChI=1S/C22H25N3O2S/c1-2-12-25(22-23-18-9-3-4-10-19(18)28-22)21(27)17-8-5-7-16(14-17)15-24-13-6-11-20(24)26/h2,5,7-8,14H,1,3-4,6,9-13,15H2. The van der Waals surface area contributed by atoms with Gasteiger partial charge in [-0.1, -0.05) is 18.2 Å². The van der Waals surface area contributed by atoms with Gasteiger partial charge in [-0.15, -0.1) is 17.9 Å². The second-order valence-corrected chi connectivity index (χ2v) is 8.46. The number of aromatic nitrogens is 1. The number of benzene rings is 1. The number of hydrogen-bond acceptors (Lipinski definition) is 4. The van der Waals surface area contributed by atoms with E-state index in [1.54, 1.807) is 22.3 Å². The second-order valence-electron chi connectivity index (χ2n) is 7.40. The van der Waals surface area contributed by atoms with Crippen LogP contribution in [0.2, 0.25) is 0 Å². The maximum Gasteiger partial charge on any atom is 0.260 e. The summed E-state index contributed by atoms with van der Waals surface area (Å²) in [6, 6.07) is 7.60. The van der Waals surface area contributed by atoms with E-state index in [9.17, 15) is 9.59 Å². The fraction of sp³-hybridized carbons (Fsp3) is 0.409. The van der Waals surface area contributed by atoms with Crippen molar-refractivity contribution < 1.29 is 9.59 Å². The summed E-state index contributed by atoms with van der Waals surface area (Å²) in [4.78, 5) is 34.8. The van der Waals surface area contributed by atoms with Crippen molar-refractivity contribution in [2.24, 2.45) is 0 Å². The van der Waals surface area contributed by atoms with E-state index < -0.39 is 0 Å². The number of fused-ring (bicyclic) bond motifs is 1. The molecule has 1 aromatic carbocycles. The third-order valence-electron chi connectivity index (χ3n) is 5.34. The van der Waals surface area contributed by atoms with Crippen LogP contribution in [0.4, 0.5) is 5.13 Å². The molecule has 1 saturated heterocycles. The highest BCUT2D eigenvalue weighted by atomic mass is 32.1. The molecule has 28 heavy (non-hydrogen) atoms. The number of thiazole rings is 1. The van der Waals surface area contributed by atoms with E-state index in [-0.39, 0.29) is 11.8 Å². The summed E-state index contributed by atoms with van der Waals surface area (Å²) >= 11 is 1.63. The number of amides is 2. The molecule has 2 aliphatic rings. The van der Waals surface area contributed by atoms with Gasteiger partial charge < -0.3 is 4.90 Å². The quantitative estimate of drug-likeness (QED) is 0.695. The first-order valence-corrected chi connectivity index (χ1v) is 10.8. The van der Waals surface area contributed by atoms with Crippen LogP contribution in [0, 0.1) is 0 Å². The van der Waals surface area contributed by atoms with Crippen molar-refractivity contribution in [3.05, 3.63) is 58.6 Å². The molecule has 0 N–H and O–H groups in total. The number of likely N-dealkylation sites (tertiary alicyclic amines) is 1. The minimum Gasteiger partial charge on any atom is -0.338 e. The predicted molar refractivity (Wildman–Crippen MR) is 112 cm³/mol. The van der Waals surface area contributed by atoms with Gasteiger partial charge in [0, 0.05) is 36.5 Å². The molecule has 2 amide bonds. The van der Waals surface area contributed by atoms with E-state index in [0.29, 0.717) is 25.1 Å². The number of aryl methyl sites for hydroxylation is 2. The Balaban J connectivity index is 1.57. The Morgan fingerprint density at radius 1 is 1.25 bits per heavy atom. The predicted octanol–water partition coefficient (Wildman–Crippen LogP) is 3.98. The van der Waals surface area contributed by atoms with Gasteiger partial charge in [-0.25, -0.2) is 4.98 Å². The van der Waals surface area contributed by atoms with E-state index in [2.05, 4.69) is 6.58 Å². The van der Waals surface area contributed by atoms with Gasteiger partial charge in [0.05, 0.1) is 5.69 Å². The van der Waals surface area contributed by atoms with E-state index >= 15 is 0 Å². The maximum absolute atomic E-state index is 13.3. The highest BCUT2D eigenvalue weighted by Crippen LogP contribution is 2.32. The van der Waals surface area contributed by atoms with Crippen LogP contribution in [0.3, 0.4) is 0 Å². The van der Waals surface area contributed by atoms with Crippen LogP contribution in [0.1, 0.15) is 52.2 Å². The first-order valence-electron chi connectivity index (χ1n) is 9.94. The lowest BCUT2D eigenvalue weighted by Gasteiger charge is -2.19. The molecule has 0 radical (unpaired) electrons. The van der Waals surface area contributed by atoms with Gasteiger partial charge in [0.25, 0.3) is 5.91 Å². The fourth-order valence-corrected chi connectivity index (χ4v) is 5.04. The van der Waals surface area contributed by atoms with Crippen LogP contribution in [0.25, 0.3) is 0 Å². The molecule has 2 heterocycles. The monoisotopic (exact) mass is 395 g/mol. The number of hydrogen-bond donors (Lipinski definition) is 0. The number of carbonyl (C=O) groups is 2. The number of rotatable bonds is 6. The van der Waals surface area contributed by atoms with E-state index in [4.69, 9.17) is 4.98 Å². The van der Waals surface area contributed by atoms with E-state index in [0.717, 1.165) is 42.2 Å². The lowest BCUT2D eigenvalue weighted by Crippen LogP contribution is -2.31. The molecule has 1 aromatic heterocycles. The molecule has 0 unspecified atom stereocenters. The Morgan fingerprint density at radius 2 is 2.11 bits per heavy atom. The van der Waals surface area contributed by atoms with Gasteiger partial charge in [-0.3, -0.25) is 14.5 Å². The van der Waals surface area contributed by atoms with Crippen LogP contribution in [-0.2, 0) is 24.2 Å². The molecule has 0 saturated carbocycles. The maximum atomic E-state index is 13.3. The number of carbonyl (C=O) groups excluding carboxylic acids is 2. The third kappa shape index (κ3) is 3.87. The molecule has 0 spiro atoms. The lowest BCUT2D eigenvalue weighted by molar-refractivity contribution is -0.128.